The monoisotopic (exact) mass is 478 g/mol. The van der Waals surface area contributed by atoms with Crippen molar-refractivity contribution in [3.8, 4) is 16.9 Å². The molecule has 0 radical (unpaired) electrons. The van der Waals surface area contributed by atoms with E-state index in [-0.39, 0.29) is 5.91 Å². The van der Waals surface area contributed by atoms with Crippen molar-refractivity contribution >= 4 is 34.3 Å². The van der Waals surface area contributed by atoms with Gasteiger partial charge in [0.15, 0.2) is 0 Å². The summed E-state index contributed by atoms with van der Waals surface area (Å²) in [5.74, 6) is -0.164. The molecule has 5 nitrogen and oxygen atoms in total. The molecule has 0 atom stereocenters. The number of aromatic nitrogens is 3. The van der Waals surface area contributed by atoms with Gasteiger partial charge in [-0.25, -0.2) is 9.67 Å². The number of pyridine rings is 1. The lowest BCUT2D eigenvalue weighted by Crippen LogP contribution is -2.13. The van der Waals surface area contributed by atoms with Gasteiger partial charge in [-0.1, -0.05) is 43.3 Å². The van der Waals surface area contributed by atoms with Crippen LogP contribution in [0.3, 0.4) is 0 Å². The Morgan fingerprint density at radius 3 is 2.57 bits per heavy atom. The lowest BCUT2D eigenvalue weighted by molar-refractivity contribution is 0.102. The van der Waals surface area contributed by atoms with Crippen molar-refractivity contribution in [2.24, 2.45) is 0 Å². The van der Waals surface area contributed by atoms with Gasteiger partial charge in [0.1, 0.15) is 0 Å². The second-order valence-corrected chi connectivity index (χ2v) is 9.21. The highest BCUT2D eigenvalue weighted by atomic mass is 32.2. The van der Waals surface area contributed by atoms with Crippen molar-refractivity contribution in [2.75, 3.05) is 11.6 Å². The molecule has 5 rings (SSSR count). The summed E-state index contributed by atoms with van der Waals surface area (Å²) in [5.41, 5.74) is 6.99. The standard InChI is InChI=1S/C29H26N4OS/c1-4-20-12-14-22(15-13-20)33-19(2)26(18-30-33)28-17-25(24-10-5-6-11-27(24)32-28)29(34)31-21-8-7-9-23(16-21)35-3/h5-18H,4H2,1-3H3,(H,31,34). The molecule has 1 N–H and O–H groups in total. The minimum atomic E-state index is -0.164. The first-order valence-corrected chi connectivity index (χ1v) is 12.8. The van der Waals surface area contributed by atoms with Gasteiger partial charge in [0, 0.05) is 21.5 Å². The van der Waals surface area contributed by atoms with Crippen molar-refractivity contribution in [3.63, 3.8) is 0 Å². The number of benzene rings is 3. The molecule has 0 saturated heterocycles. The van der Waals surface area contributed by atoms with Gasteiger partial charge in [0.2, 0.25) is 0 Å². The third-order valence-corrected chi connectivity index (χ3v) is 6.89. The van der Waals surface area contributed by atoms with Crippen molar-refractivity contribution in [1.29, 1.82) is 0 Å². The van der Waals surface area contributed by atoms with Crippen molar-refractivity contribution < 1.29 is 4.79 Å². The van der Waals surface area contributed by atoms with E-state index < -0.39 is 0 Å². The van der Waals surface area contributed by atoms with Gasteiger partial charge < -0.3 is 5.32 Å². The van der Waals surface area contributed by atoms with Gasteiger partial charge in [-0.3, -0.25) is 4.79 Å². The van der Waals surface area contributed by atoms with Gasteiger partial charge in [0.05, 0.1) is 34.4 Å². The topological polar surface area (TPSA) is 59.8 Å². The third kappa shape index (κ3) is 4.57. The number of carbonyl (C=O) groups excluding carboxylic acids is 1. The first kappa shape index (κ1) is 22.9. The fraction of sp³-hybridized carbons (Fsp3) is 0.138. The van der Waals surface area contributed by atoms with E-state index in [9.17, 15) is 4.79 Å². The molecule has 174 valence electrons. The predicted molar refractivity (Wildman–Crippen MR) is 145 cm³/mol. The number of nitrogens with zero attached hydrogens (tertiary/aromatic N) is 3. The number of hydrogen-bond donors (Lipinski definition) is 1. The smallest absolute Gasteiger partial charge is 0.256 e. The predicted octanol–water partition coefficient (Wildman–Crippen LogP) is 6.93. The van der Waals surface area contributed by atoms with Gasteiger partial charge in [-0.15, -0.1) is 11.8 Å². The molecule has 0 aliphatic rings. The van der Waals surface area contributed by atoms with Crippen LogP contribution in [0.2, 0.25) is 0 Å². The van der Waals surface area contributed by atoms with E-state index >= 15 is 0 Å². The molecule has 0 saturated carbocycles. The Morgan fingerprint density at radius 1 is 1.00 bits per heavy atom. The molecule has 5 aromatic rings. The molecule has 0 aliphatic heterocycles. The molecule has 0 aliphatic carbocycles. The molecule has 3 aromatic carbocycles. The van der Waals surface area contributed by atoms with Crippen LogP contribution < -0.4 is 5.32 Å². The summed E-state index contributed by atoms with van der Waals surface area (Å²) in [5, 5.41) is 8.51. The number of amides is 1. The lowest BCUT2D eigenvalue weighted by Gasteiger charge is -2.11. The maximum atomic E-state index is 13.4. The Hall–Kier alpha value is -3.90. The fourth-order valence-corrected chi connectivity index (χ4v) is 4.65. The fourth-order valence-electron chi connectivity index (χ4n) is 4.19. The average molecular weight is 479 g/mol. The summed E-state index contributed by atoms with van der Waals surface area (Å²) in [6, 6.07) is 25.9. The second kappa shape index (κ2) is 9.76. The van der Waals surface area contributed by atoms with Crippen molar-refractivity contribution in [1.82, 2.24) is 14.8 Å². The van der Waals surface area contributed by atoms with E-state index in [4.69, 9.17) is 4.98 Å². The number of para-hydroxylation sites is 1. The van der Waals surface area contributed by atoms with Gasteiger partial charge in [-0.2, -0.15) is 5.10 Å². The van der Waals surface area contributed by atoms with E-state index in [1.165, 1.54) is 5.56 Å². The Balaban J connectivity index is 1.56. The minimum absolute atomic E-state index is 0.164. The molecule has 0 unspecified atom stereocenters. The van der Waals surface area contributed by atoms with Crippen LogP contribution in [-0.2, 0) is 6.42 Å². The van der Waals surface area contributed by atoms with Crippen LogP contribution >= 0.6 is 11.8 Å². The summed E-state index contributed by atoms with van der Waals surface area (Å²) < 4.78 is 1.92. The van der Waals surface area contributed by atoms with E-state index in [2.05, 4.69) is 41.6 Å². The summed E-state index contributed by atoms with van der Waals surface area (Å²) >= 11 is 1.64. The number of carbonyl (C=O) groups is 1. The molecule has 6 heteroatoms. The van der Waals surface area contributed by atoms with Crippen LogP contribution in [0.5, 0.6) is 0 Å². The number of thioether (sulfide) groups is 1. The molecule has 2 aromatic heterocycles. The van der Waals surface area contributed by atoms with Crippen LogP contribution in [-0.4, -0.2) is 26.9 Å². The zero-order chi connectivity index (χ0) is 24.4. The van der Waals surface area contributed by atoms with Gasteiger partial charge >= 0.3 is 0 Å². The number of hydrogen-bond acceptors (Lipinski definition) is 4. The van der Waals surface area contributed by atoms with E-state index in [0.29, 0.717) is 5.56 Å². The summed E-state index contributed by atoms with van der Waals surface area (Å²) in [6.07, 6.45) is 4.84. The maximum Gasteiger partial charge on any atom is 0.256 e. The first-order chi connectivity index (χ1) is 17.1. The third-order valence-electron chi connectivity index (χ3n) is 6.16. The molecule has 2 heterocycles. The summed E-state index contributed by atoms with van der Waals surface area (Å²) in [6.45, 7) is 4.17. The highest BCUT2D eigenvalue weighted by Crippen LogP contribution is 2.29. The average Bonchev–Trinajstić information content (AvgIpc) is 3.29. The van der Waals surface area contributed by atoms with Gasteiger partial charge in [-0.05, 0) is 67.6 Å². The highest BCUT2D eigenvalue weighted by Gasteiger charge is 2.17. The van der Waals surface area contributed by atoms with E-state index in [1.807, 2.05) is 78.7 Å². The molecule has 0 fully saturated rings. The van der Waals surface area contributed by atoms with Crippen LogP contribution in [0.25, 0.3) is 27.8 Å². The minimum Gasteiger partial charge on any atom is -0.322 e. The van der Waals surface area contributed by atoms with Crippen molar-refractivity contribution in [3.05, 3.63) is 102 Å². The largest absolute Gasteiger partial charge is 0.322 e. The number of aryl methyl sites for hydroxylation is 1. The van der Waals surface area contributed by atoms with Crippen molar-refractivity contribution in [2.45, 2.75) is 25.2 Å². The molecular formula is C29H26N4OS. The molecular weight excluding hydrogens is 452 g/mol. The Labute approximate surface area is 209 Å². The van der Waals surface area contributed by atoms with Crippen LogP contribution in [0.15, 0.2) is 90.0 Å². The molecule has 1 amide bonds. The SMILES string of the molecule is CCc1ccc(-n2ncc(-c3cc(C(=O)Nc4cccc(SC)c4)c4ccccc4n3)c2C)cc1. The van der Waals surface area contributed by atoms with Gasteiger partial charge in [0.25, 0.3) is 5.91 Å². The number of nitrogens with one attached hydrogen (secondary N) is 1. The van der Waals surface area contributed by atoms with Crippen LogP contribution in [0, 0.1) is 6.92 Å². The maximum absolute atomic E-state index is 13.4. The van der Waals surface area contributed by atoms with E-state index in [0.717, 1.165) is 50.5 Å². The summed E-state index contributed by atoms with van der Waals surface area (Å²) in [7, 11) is 0. The Kier molecular flexibility index (Phi) is 6.38. The van der Waals surface area contributed by atoms with Crippen LogP contribution in [0.1, 0.15) is 28.5 Å². The number of fused-ring (bicyclic) bond motifs is 1. The Morgan fingerprint density at radius 2 is 1.80 bits per heavy atom. The summed E-state index contributed by atoms with van der Waals surface area (Å²) in [4.78, 5) is 19.4. The quantitative estimate of drug-likeness (QED) is 0.269. The lowest BCUT2D eigenvalue weighted by atomic mass is 10.0. The Bertz CT molecular complexity index is 1520. The zero-order valence-corrected chi connectivity index (χ0v) is 20.8. The normalized spacial score (nSPS) is 11.1. The molecule has 0 bridgehead atoms. The molecule has 0 spiro atoms. The first-order valence-electron chi connectivity index (χ1n) is 11.6. The highest BCUT2D eigenvalue weighted by molar-refractivity contribution is 7.98. The zero-order valence-electron chi connectivity index (χ0n) is 19.9. The van der Waals surface area contributed by atoms with Crippen LogP contribution in [0.4, 0.5) is 5.69 Å². The number of rotatable bonds is 6. The second-order valence-electron chi connectivity index (χ2n) is 8.33. The number of anilines is 1. The van der Waals surface area contributed by atoms with E-state index in [1.54, 1.807) is 11.8 Å². The molecule has 35 heavy (non-hydrogen) atoms.